The van der Waals surface area contributed by atoms with Crippen LogP contribution >= 0.6 is 11.8 Å². The average Bonchev–Trinajstić information content (AvgIpc) is 3.54. The molecule has 0 unspecified atom stereocenters. The average molecular weight is 437 g/mol. The number of amides is 1. The summed E-state index contributed by atoms with van der Waals surface area (Å²) in [4.78, 5) is 24.8. The molecule has 2 N–H and O–H groups in total. The third kappa shape index (κ3) is 5.71. The molecule has 2 aromatic heterocycles. The Bertz CT molecular complexity index is 931. The Morgan fingerprint density at radius 1 is 1.30 bits per heavy atom. The maximum Gasteiger partial charge on any atom is 0.433 e. The summed E-state index contributed by atoms with van der Waals surface area (Å²) >= 11 is 1.52. The van der Waals surface area contributed by atoms with Gasteiger partial charge in [0.1, 0.15) is 11.5 Å². The Balaban J connectivity index is 1.85. The molecule has 160 valence electrons. The monoisotopic (exact) mass is 437 g/mol. The Morgan fingerprint density at radius 2 is 2.03 bits per heavy atom. The number of hydrogen-bond donors (Lipinski definition) is 2. The highest BCUT2D eigenvalue weighted by Crippen LogP contribution is 2.34. The van der Waals surface area contributed by atoms with Crippen LogP contribution < -0.4 is 10.6 Å². The van der Waals surface area contributed by atoms with E-state index in [0.717, 1.165) is 25.0 Å². The lowest BCUT2D eigenvalue weighted by Crippen LogP contribution is -2.35. The molecule has 1 aliphatic rings. The molecule has 0 bridgehead atoms. The van der Waals surface area contributed by atoms with Gasteiger partial charge < -0.3 is 10.6 Å². The molecule has 0 radical (unpaired) electrons. The lowest BCUT2D eigenvalue weighted by molar-refractivity contribution is -0.141. The molecule has 0 aliphatic heterocycles. The zero-order valence-corrected chi connectivity index (χ0v) is 17.3. The third-order valence-corrected chi connectivity index (χ3v) is 5.12. The van der Waals surface area contributed by atoms with Crippen LogP contribution in [0.25, 0.3) is 0 Å². The Hall–Kier alpha value is -2.62. The van der Waals surface area contributed by atoms with Crippen molar-refractivity contribution in [3.05, 3.63) is 58.7 Å². The molecule has 2 heterocycles. The van der Waals surface area contributed by atoms with E-state index < -0.39 is 17.8 Å². The van der Waals surface area contributed by atoms with Crippen molar-refractivity contribution < 1.29 is 18.0 Å². The molecule has 10 heteroatoms. The zero-order valence-electron chi connectivity index (χ0n) is 16.5. The van der Waals surface area contributed by atoms with Crippen LogP contribution in [-0.4, -0.2) is 33.2 Å². The Morgan fingerprint density at radius 3 is 2.67 bits per heavy atom. The number of aryl methyl sites for hydroxylation is 1. The number of nitrogens with one attached hydrogen (secondary N) is 2. The molecule has 1 saturated carbocycles. The second-order valence-electron chi connectivity index (χ2n) is 6.93. The number of anilines is 1. The van der Waals surface area contributed by atoms with Gasteiger partial charge in [-0.1, -0.05) is 6.08 Å². The summed E-state index contributed by atoms with van der Waals surface area (Å²) in [6, 6.07) is 1.80. The maximum absolute atomic E-state index is 13.2. The van der Waals surface area contributed by atoms with E-state index >= 15 is 0 Å². The summed E-state index contributed by atoms with van der Waals surface area (Å²) in [5, 5.41) is 7.63. The van der Waals surface area contributed by atoms with Crippen LogP contribution in [0.15, 0.2) is 36.0 Å². The predicted molar refractivity (Wildman–Crippen MR) is 110 cm³/mol. The van der Waals surface area contributed by atoms with Gasteiger partial charge in [0.05, 0.1) is 29.5 Å². The van der Waals surface area contributed by atoms with Crippen LogP contribution in [0.1, 0.15) is 40.3 Å². The molecule has 6 nitrogen and oxygen atoms in total. The molecule has 0 aromatic carbocycles. The maximum atomic E-state index is 13.2. The van der Waals surface area contributed by atoms with E-state index in [2.05, 4.69) is 25.6 Å². The number of aromatic nitrogens is 3. The standard InChI is InChI=1S/C20H22F3N5OS/c1-12-16(25-9-8-24-12)11-26-18-14(5-6-17(28-18)20(21,22)23)19(29)27-15(7-10-30-2)13-3-4-13/h5-10,13,15H,3-4,11H2,1-2H3,(H,26,28)(H,27,29)/b10-7+/t15-/m1/s1. The van der Waals surface area contributed by atoms with Crippen LogP contribution in [0, 0.1) is 12.8 Å². The number of nitrogens with zero attached hydrogens (tertiary/aromatic N) is 3. The third-order valence-electron chi connectivity index (χ3n) is 4.69. The normalized spacial score (nSPS) is 15.2. The number of rotatable bonds is 8. The molecule has 0 saturated heterocycles. The van der Waals surface area contributed by atoms with Gasteiger partial charge in [0, 0.05) is 12.4 Å². The largest absolute Gasteiger partial charge is 0.433 e. The molecule has 1 atom stereocenters. The van der Waals surface area contributed by atoms with E-state index in [1.807, 2.05) is 17.7 Å². The lowest BCUT2D eigenvalue weighted by atomic mass is 10.1. The zero-order chi connectivity index (χ0) is 21.7. The van der Waals surface area contributed by atoms with Crippen molar-refractivity contribution >= 4 is 23.5 Å². The van der Waals surface area contributed by atoms with Gasteiger partial charge in [0.2, 0.25) is 0 Å². The first-order valence-corrected chi connectivity index (χ1v) is 10.7. The van der Waals surface area contributed by atoms with E-state index in [1.165, 1.54) is 24.2 Å². The van der Waals surface area contributed by atoms with E-state index in [-0.39, 0.29) is 24.0 Å². The summed E-state index contributed by atoms with van der Waals surface area (Å²) < 4.78 is 39.5. The van der Waals surface area contributed by atoms with Crippen molar-refractivity contribution in [3.8, 4) is 0 Å². The fraction of sp³-hybridized carbons (Fsp3) is 0.400. The van der Waals surface area contributed by atoms with Crippen molar-refractivity contribution in [3.63, 3.8) is 0 Å². The summed E-state index contributed by atoms with van der Waals surface area (Å²) in [5.74, 6) is -0.272. The molecule has 2 aromatic rings. The highest BCUT2D eigenvalue weighted by molar-refractivity contribution is 8.01. The first-order valence-electron chi connectivity index (χ1n) is 9.38. The minimum absolute atomic E-state index is 0.0488. The predicted octanol–water partition coefficient (Wildman–Crippen LogP) is 4.20. The van der Waals surface area contributed by atoms with Crippen LogP contribution in [0.3, 0.4) is 0 Å². The summed E-state index contributed by atoms with van der Waals surface area (Å²) in [5.41, 5.74) is 0.173. The van der Waals surface area contributed by atoms with Crippen molar-refractivity contribution in [1.29, 1.82) is 0 Å². The van der Waals surface area contributed by atoms with Gasteiger partial charge in [0.25, 0.3) is 5.91 Å². The number of alkyl halides is 3. The molecule has 0 spiro atoms. The van der Waals surface area contributed by atoms with Crippen molar-refractivity contribution in [1.82, 2.24) is 20.3 Å². The van der Waals surface area contributed by atoms with Gasteiger partial charge in [-0.2, -0.15) is 13.2 Å². The highest BCUT2D eigenvalue weighted by atomic mass is 32.2. The molecular weight excluding hydrogens is 415 g/mol. The van der Waals surface area contributed by atoms with Crippen LogP contribution in [0.5, 0.6) is 0 Å². The van der Waals surface area contributed by atoms with E-state index in [9.17, 15) is 18.0 Å². The van der Waals surface area contributed by atoms with Crippen molar-refractivity contribution in [2.24, 2.45) is 5.92 Å². The molecule has 1 aliphatic carbocycles. The van der Waals surface area contributed by atoms with Gasteiger partial charge in [-0.25, -0.2) is 4.98 Å². The second-order valence-corrected chi connectivity index (χ2v) is 7.68. The first-order chi connectivity index (χ1) is 14.3. The van der Waals surface area contributed by atoms with E-state index in [0.29, 0.717) is 17.3 Å². The fourth-order valence-electron chi connectivity index (χ4n) is 2.88. The second kappa shape index (κ2) is 9.46. The number of carbonyl (C=O) groups excluding carboxylic acids is 1. The van der Waals surface area contributed by atoms with Crippen LogP contribution in [0.4, 0.5) is 19.0 Å². The van der Waals surface area contributed by atoms with E-state index in [1.54, 1.807) is 6.92 Å². The van der Waals surface area contributed by atoms with Gasteiger partial charge in [-0.05, 0) is 49.5 Å². The summed E-state index contributed by atoms with van der Waals surface area (Å²) in [6.07, 6.45) is 4.24. The smallest absolute Gasteiger partial charge is 0.364 e. The summed E-state index contributed by atoms with van der Waals surface area (Å²) in [7, 11) is 0. The van der Waals surface area contributed by atoms with E-state index in [4.69, 9.17) is 0 Å². The topological polar surface area (TPSA) is 79.8 Å². The van der Waals surface area contributed by atoms with Gasteiger partial charge in [-0.3, -0.25) is 14.8 Å². The number of pyridine rings is 1. The number of carbonyl (C=O) groups is 1. The minimum Gasteiger partial charge on any atom is -0.364 e. The van der Waals surface area contributed by atoms with Crippen LogP contribution in [-0.2, 0) is 12.7 Å². The fourth-order valence-corrected chi connectivity index (χ4v) is 3.21. The number of halogens is 3. The first kappa shape index (κ1) is 22.1. The SMILES string of the molecule is CS/C=C/[C@@H](NC(=O)c1ccc(C(F)(F)F)nc1NCc1nccnc1C)C1CC1. The van der Waals surface area contributed by atoms with Gasteiger partial charge in [0.15, 0.2) is 0 Å². The molecule has 3 rings (SSSR count). The molecule has 1 fully saturated rings. The molecular formula is C20H22F3N5OS. The van der Waals surface area contributed by atoms with Gasteiger partial charge in [-0.15, -0.1) is 11.8 Å². The number of hydrogen-bond acceptors (Lipinski definition) is 6. The highest BCUT2D eigenvalue weighted by Gasteiger charge is 2.34. The summed E-state index contributed by atoms with van der Waals surface area (Å²) in [6.45, 7) is 1.84. The van der Waals surface area contributed by atoms with Crippen molar-refractivity contribution in [2.75, 3.05) is 11.6 Å². The van der Waals surface area contributed by atoms with Crippen molar-refractivity contribution in [2.45, 2.75) is 38.5 Å². The van der Waals surface area contributed by atoms with Crippen LogP contribution in [0.2, 0.25) is 0 Å². The molecule has 30 heavy (non-hydrogen) atoms. The minimum atomic E-state index is -4.62. The Kier molecular flexibility index (Phi) is 6.96. The van der Waals surface area contributed by atoms with Gasteiger partial charge >= 0.3 is 6.18 Å². The number of thioether (sulfide) groups is 1. The quantitative estimate of drug-likeness (QED) is 0.645. The Labute approximate surface area is 176 Å². The lowest BCUT2D eigenvalue weighted by Gasteiger charge is -2.17. The molecule has 1 amide bonds.